The first-order chi connectivity index (χ1) is 17.0. The number of ether oxygens (including phenoxy) is 1. The number of rotatable bonds is 4. The maximum atomic E-state index is 13.8. The number of likely N-dealkylation sites (tertiary alicyclic amines) is 1. The molecule has 3 aromatic rings. The predicted octanol–water partition coefficient (Wildman–Crippen LogP) is 5.13. The summed E-state index contributed by atoms with van der Waals surface area (Å²) < 4.78 is 33.3. The van der Waals surface area contributed by atoms with E-state index in [2.05, 4.69) is 0 Å². The first-order valence-electron chi connectivity index (χ1n) is 11.6. The SMILES string of the molecule is O=C1C[C@H](c2ccccc2)N(C(=O)Oc2ccccc2)[C@@H]2C1=CCC[C@@H]2S(=O)(=O)c1ccccc1. The van der Waals surface area contributed by atoms with Crippen LogP contribution in [0.2, 0.25) is 0 Å². The number of fused-ring (bicyclic) bond motifs is 1. The van der Waals surface area contributed by atoms with Gasteiger partial charge in [0, 0.05) is 12.0 Å². The quantitative estimate of drug-likeness (QED) is 0.510. The van der Waals surface area contributed by atoms with Gasteiger partial charge in [0.2, 0.25) is 0 Å². The van der Waals surface area contributed by atoms with E-state index in [0.717, 1.165) is 5.56 Å². The van der Waals surface area contributed by atoms with E-state index >= 15 is 0 Å². The van der Waals surface area contributed by atoms with Crippen molar-refractivity contribution in [3.05, 3.63) is 108 Å². The van der Waals surface area contributed by atoms with E-state index < -0.39 is 33.3 Å². The van der Waals surface area contributed by atoms with Crippen LogP contribution < -0.4 is 4.74 Å². The minimum atomic E-state index is -3.84. The van der Waals surface area contributed by atoms with Crippen LogP contribution in [0.15, 0.2) is 108 Å². The minimum Gasteiger partial charge on any atom is -0.410 e. The number of amides is 1. The molecule has 1 fully saturated rings. The standard InChI is InChI=1S/C28H25NO5S/c30-25-19-24(20-11-4-1-5-12-20)29(28(31)34-21-13-6-2-7-14-21)27-23(25)17-10-18-26(27)35(32,33)22-15-8-3-9-16-22/h1-9,11-17,24,26-27H,10,18-19H2/t24-,26+,27-/m1/s1. The fourth-order valence-corrected chi connectivity index (χ4v) is 6.97. The third-order valence-corrected chi connectivity index (χ3v) is 8.86. The lowest BCUT2D eigenvalue weighted by atomic mass is 9.81. The fraction of sp³-hybridized carbons (Fsp3) is 0.214. The van der Waals surface area contributed by atoms with Crippen LogP contribution >= 0.6 is 0 Å². The number of hydrogen-bond acceptors (Lipinski definition) is 5. The summed E-state index contributed by atoms with van der Waals surface area (Å²) in [7, 11) is -3.84. The average molecular weight is 488 g/mol. The highest BCUT2D eigenvalue weighted by Crippen LogP contribution is 2.43. The number of hydrogen-bond donors (Lipinski definition) is 0. The van der Waals surface area contributed by atoms with Crippen LogP contribution in [0.25, 0.3) is 0 Å². The monoisotopic (exact) mass is 487 g/mol. The van der Waals surface area contributed by atoms with Gasteiger partial charge < -0.3 is 4.74 Å². The summed E-state index contributed by atoms with van der Waals surface area (Å²) in [5.74, 6) is 0.214. The van der Waals surface area contributed by atoms with Crippen molar-refractivity contribution in [3.8, 4) is 5.75 Å². The van der Waals surface area contributed by atoms with Gasteiger partial charge in [0.1, 0.15) is 5.75 Å². The lowest BCUT2D eigenvalue weighted by molar-refractivity contribution is -0.119. The Balaban J connectivity index is 1.62. The van der Waals surface area contributed by atoms with Crippen LogP contribution in [0.1, 0.15) is 30.9 Å². The zero-order chi connectivity index (χ0) is 24.4. The molecule has 5 rings (SSSR count). The number of carbonyl (C=O) groups excluding carboxylic acids is 2. The van der Waals surface area contributed by atoms with Crippen LogP contribution in [0, 0.1) is 0 Å². The van der Waals surface area contributed by atoms with Gasteiger partial charge in [-0.1, -0.05) is 72.8 Å². The molecule has 2 aliphatic rings. The fourth-order valence-electron chi connectivity index (χ4n) is 5.02. The first kappa shape index (κ1) is 23.1. The van der Waals surface area contributed by atoms with Gasteiger partial charge in [0.25, 0.3) is 0 Å². The van der Waals surface area contributed by atoms with Crippen molar-refractivity contribution in [1.82, 2.24) is 4.90 Å². The molecule has 1 saturated heterocycles. The molecule has 0 bridgehead atoms. The van der Waals surface area contributed by atoms with Crippen molar-refractivity contribution in [2.75, 3.05) is 0 Å². The van der Waals surface area contributed by atoms with Crippen molar-refractivity contribution in [3.63, 3.8) is 0 Å². The number of carbonyl (C=O) groups is 2. The van der Waals surface area contributed by atoms with Gasteiger partial charge in [-0.15, -0.1) is 0 Å². The number of Topliss-reactive ketones (excluding diaryl/α,β-unsaturated/α-hetero) is 1. The Labute approximate surface area is 204 Å². The lowest BCUT2D eigenvalue weighted by Gasteiger charge is -2.46. The summed E-state index contributed by atoms with van der Waals surface area (Å²) in [6.07, 6.45) is 1.92. The number of ketones is 1. The van der Waals surface area contributed by atoms with E-state index in [-0.39, 0.29) is 17.1 Å². The van der Waals surface area contributed by atoms with Gasteiger partial charge in [-0.3, -0.25) is 9.69 Å². The van der Waals surface area contributed by atoms with E-state index in [1.807, 2.05) is 36.4 Å². The lowest BCUT2D eigenvalue weighted by Crippen LogP contribution is -2.58. The van der Waals surface area contributed by atoms with Crippen molar-refractivity contribution < 1.29 is 22.7 Å². The van der Waals surface area contributed by atoms with Crippen molar-refractivity contribution in [1.29, 1.82) is 0 Å². The Hall–Kier alpha value is -3.71. The van der Waals surface area contributed by atoms with Crippen LogP contribution in [-0.4, -0.2) is 36.5 Å². The highest BCUT2D eigenvalue weighted by molar-refractivity contribution is 7.92. The summed E-state index contributed by atoms with van der Waals surface area (Å²) in [4.78, 5) is 28.6. The molecule has 1 aliphatic heterocycles. The van der Waals surface area contributed by atoms with E-state index in [1.165, 1.54) is 4.90 Å². The second kappa shape index (κ2) is 9.50. The van der Waals surface area contributed by atoms with Crippen LogP contribution in [0.5, 0.6) is 5.75 Å². The average Bonchev–Trinajstić information content (AvgIpc) is 2.90. The molecular weight excluding hydrogens is 462 g/mol. The number of benzene rings is 3. The molecule has 0 unspecified atom stereocenters. The first-order valence-corrected chi connectivity index (χ1v) is 13.1. The molecule has 1 heterocycles. The van der Waals surface area contributed by atoms with E-state index in [9.17, 15) is 18.0 Å². The van der Waals surface area contributed by atoms with Crippen LogP contribution in [0.3, 0.4) is 0 Å². The highest BCUT2D eigenvalue weighted by Gasteiger charge is 2.51. The maximum absolute atomic E-state index is 13.8. The Morgan fingerprint density at radius 1 is 0.857 bits per heavy atom. The molecule has 0 saturated carbocycles. The third kappa shape index (κ3) is 4.39. The molecule has 6 nitrogen and oxygen atoms in total. The molecule has 3 atom stereocenters. The molecule has 0 spiro atoms. The van der Waals surface area contributed by atoms with E-state index in [1.54, 1.807) is 60.7 Å². The molecule has 178 valence electrons. The number of para-hydroxylation sites is 1. The summed E-state index contributed by atoms with van der Waals surface area (Å²) >= 11 is 0. The number of sulfone groups is 1. The Bertz CT molecular complexity index is 1350. The summed E-state index contributed by atoms with van der Waals surface area (Å²) in [5, 5.41) is -0.969. The highest BCUT2D eigenvalue weighted by atomic mass is 32.2. The normalized spacial score (nSPS) is 22.2. The molecule has 35 heavy (non-hydrogen) atoms. The maximum Gasteiger partial charge on any atom is 0.416 e. The zero-order valence-corrected chi connectivity index (χ0v) is 19.8. The van der Waals surface area contributed by atoms with Gasteiger partial charge >= 0.3 is 6.09 Å². The van der Waals surface area contributed by atoms with Gasteiger partial charge in [0.15, 0.2) is 15.6 Å². The smallest absolute Gasteiger partial charge is 0.410 e. The molecule has 0 radical (unpaired) electrons. The Kier molecular flexibility index (Phi) is 6.26. The second-order valence-corrected chi connectivity index (χ2v) is 10.9. The third-order valence-electron chi connectivity index (χ3n) is 6.64. The van der Waals surface area contributed by atoms with Crippen LogP contribution in [-0.2, 0) is 14.6 Å². The molecule has 0 aromatic heterocycles. The van der Waals surface area contributed by atoms with Gasteiger partial charge in [0.05, 0.1) is 22.2 Å². The molecule has 0 N–H and O–H groups in total. The van der Waals surface area contributed by atoms with Crippen molar-refractivity contribution in [2.24, 2.45) is 0 Å². The minimum absolute atomic E-state index is 0.0638. The number of nitrogens with zero attached hydrogens (tertiary/aromatic N) is 1. The zero-order valence-electron chi connectivity index (χ0n) is 19.0. The van der Waals surface area contributed by atoms with Gasteiger partial charge in [-0.2, -0.15) is 0 Å². The van der Waals surface area contributed by atoms with Crippen molar-refractivity contribution in [2.45, 2.75) is 41.5 Å². The topological polar surface area (TPSA) is 80.8 Å². The Morgan fingerprint density at radius 3 is 2.11 bits per heavy atom. The predicted molar refractivity (Wildman–Crippen MR) is 132 cm³/mol. The molecular formula is C28H25NO5S. The van der Waals surface area contributed by atoms with Gasteiger partial charge in [-0.05, 0) is 42.7 Å². The van der Waals surface area contributed by atoms with Crippen molar-refractivity contribution >= 4 is 21.7 Å². The summed E-state index contributed by atoms with van der Waals surface area (Å²) in [6.45, 7) is 0. The largest absolute Gasteiger partial charge is 0.416 e. The number of allylic oxidation sites excluding steroid dienone is 1. The summed E-state index contributed by atoms with van der Waals surface area (Å²) in [5.41, 5.74) is 1.13. The molecule has 1 aliphatic carbocycles. The van der Waals surface area contributed by atoms with E-state index in [4.69, 9.17) is 4.74 Å². The molecule has 3 aromatic carbocycles. The van der Waals surface area contributed by atoms with Crippen LogP contribution in [0.4, 0.5) is 4.79 Å². The molecule has 7 heteroatoms. The summed E-state index contributed by atoms with van der Waals surface area (Å²) in [6, 6.07) is 24.5. The molecule has 1 amide bonds. The second-order valence-electron chi connectivity index (χ2n) is 8.72. The number of piperidine rings is 1. The Morgan fingerprint density at radius 2 is 1.46 bits per heavy atom. The van der Waals surface area contributed by atoms with Gasteiger partial charge in [-0.25, -0.2) is 13.2 Å². The van der Waals surface area contributed by atoms with E-state index in [0.29, 0.717) is 24.2 Å².